The summed E-state index contributed by atoms with van der Waals surface area (Å²) in [6, 6.07) is 0. The summed E-state index contributed by atoms with van der Waals surface area (Å²) in [4.78, 5) is 0. The van der Waals surface area contributed by atoms with E-state index in [-0.39, 0.29) is 12.4 Å². The fourth-order valence-electron chi connectivity index (χ4n) is 1.26. The second-order valence-electron chi connectivity index (χ2n) is 3.10. The van der Waals surface area contributed by atoms with Crippen LogP contribution in [0.25, 0.3) is 0 Å². The molecule has 0 aromatic rings. The predicted molar refractivity (Wildman–Crippen MR) is 50.6 cm³/mol. The zero-order chi connectivity index (χ0) is 10.4. The standard InChI is InChI=1S/C6H14N3.CF3.ClH.Ti/c1-2-8-5-6-9-4-3-7-1;2-1(3)4;;/h7-8H,1-6H2;;1H;/q-1;;;+1. The van der Waals surface area contributed by atoms with E-state index >= 15 is 0 Å². The van der Waals surface area contributed by atoms with Crippen molar-refractivity contribution in [2.45, 2.75) is 4.48 Å². The first-order chi connectivity index (χ1) is 6.58. The van der Waals surface area contributed by atoms with Gasteiger partial charge in [0.25, 0.3) is 0 Å². The molecule has 0 radical (unpaired) electrons. The van der Waals surface area contributed by atoms with E-state index in [2.05, 4.69) is 10.6 Å². The first-order valence-electron chi connectivity index (χ1n) is 4.59. The van der Waals surface area contributed by atoms with Crippen LogP contribution in [-0.2, 0) is 19.4 Å². The molecule has 2 N–H and O–H groups in total. The van der Waals surface area contributed by atoms with Gasteiger partial charge in [-0.15, -0.1) is 12.4 Å². The van der Waals surface area contributed by atoms with Crippen LogP contribution in [0.4, 0.5) is 13.2 Å². The molecule has 8 heteroatoms. The average Bonchev–Trinajstić information content (AvgIpc) is 2.15. The topological polar surface area (TPSA) is 27.3 Å². The summed E-state index contributed by atoms with van der Waals surface area (Å²) in [5.74, 6) is 0. The summed E-state index contributed by atoms with van der Waals surface area (Å²) in [6.07, 6.45) is 0. The van der Waals surface area contributed by atoms with Crippen LogP contribution in [0.5, 0.6) is 0 Å². The van der Waals surface area contributed by atoms with E-state index < -0.39 is 23.9 Å². The molecular weight excluding hydrogens is 266 g/mol. The Kier molecular flexibility index (Phi) is 8.22. The van der Waals surface area contributed by atoms with Crippen molar-refractivity contribution in [3.05, 3.63) is 0 Å². The van der Waals surface area contributed by atoms with E-state index in [0.717, 1.165) is 13.1 Å². The Balaban J connectivity index is 0.00000196. The molecule has 15 heavy (non-hydrogen) atoms. The molecule has 0 bridgehead atoms. The second-order valence-corrected chi connectivity index (χ2v) is 5.32. The Bertz CT molecular complexity index is 160. The number of alkyl halides is 3. The molecule has 1 saturated heterocycles. The van der Waals surface area contributed by atoms with Crippen LogP contribution < -0.4 is 10.6 Å². The fourth-order valence-corrected chi connectivity index (χ4v) is 2.52. The molecule has 0 unspecified atom stereocenters. The quantitative estimate of drug-likeness (QED) is 0.682. The molecule has 1 fully saturated rings. The molecule has 1 aliphatic rings. The number of nitrogens with zero attached hydrogens (tertiary/aromatic N) is 1. The van der Waals surface area contributed by atoms with Crippen LogP contribution >= 0.6 is 12.4 Å². The van der Waals surface area contributed by atoms with Gasteiger partial charge in [-0.1, -0.05) is 0 Å². The van der Waals surface area contributed by atoms with E-state index in [0.29, 0.717) is 26.2 Å². The van der Waals surface area contributed by atoms with Gasteiger partial charge in [0.1, 0.15) is 0 Å². The van der Waals surface area contributed by atoms with Crippen LogP contribution in [0.1, 0.15) is 0 Å². The van der Waals surface area contributed by atoms with Gasteiger partial charge < -0.3 is 0 Å². The third-order valence-electron chi connectivity index (χ3n) is 1.88. The minimum atomic E-state index is -3.96. The Hall–Kier alpha value is 0.674. The maximum absolute atomic E-state index is 12.1. The summed E-state index contributed by atoms with van der Waals surface area (Å²) in [5.41, 5.74) is 0. The summed E-state index contributed by atoms with van der Waals surface area (Å²) >= 11 is -1.97. The number of nitrogens with one attached hydrogen (secondary N) is 2. The van der Waals surface area contributed by atoms with Gasteiger partial charge in [0.05, 0.1) is 0 Å². The van der Waals surface area contributed by atoms with Gasteiger partial charge in [-0.05, 0) is 0 Å². The Morgan fingerprint density at radius 3 is 1.80 bits per heavy atom. The van der Waals surface area contributed by atoms with Gasteiger partial charge in [-0.25, -0.2) is 0 Å². The van der Waals surface area contributed by atoms with Gasteiger partial charge >= 0.3 is 90.3 Å². The van der Waals surface area contributed by atoms with Gasteiger partial charge in [-0.2, -0.15) is 0 Å². The van der Waals surface area contributed by atoms with E-state index in [9.17, 15) is 13.2 Å². The summed E-state index contributed by atoms with van der Waals surface area (Å²) in [5, 5.41) is 6.18. The minimum absolute atomic E-state index is 0. The van der Waals surface area contributed by atoms with Crippen LogP contribution in [-0.4, -0.2) is 47.1 Å². The Labute approximate surface area is 103 Å². The first-order valence-corrected chi connectivity index (χ1v) is 6.07. The molecule has 1 heterocycles. The third kappa shape index (κ3) is 8.48. The van der Waals surface area contributed by atoms with Crippen molar-refractivity contribution in [3.63, 3.8) is 0 Å². The third-order valence-corrected chi connectivity index (χ3v) is 3.47. The van der Waals surface area contributed by atoms with E-state index in [1.807, 2.05) is 0 Å². The molecular formula is C7H15ClF3N3Ti. The number of halogens is 4. The zero-order valence-corrected chi connectivity index (χ0v) is 10.6. The van der Waals surface area contributed by atoms with Crippen molar-refractivity contribution in [2.24, 2.45) is 0 Å². The van der Waals surface area contributed by atoms with Crippen LogP contribution in [0.2, 0.25) is 0 Å². The van der Waals surface area contributed by atoms with Crippen molar-refractivity contribution >= 4 is 12.4 Å². The molecule has 90 valence electrons. The summed E-state index contributed by atoms with van der Waals surface area (Å²) < 4.78 is 34.0. The van der Waals surface area contributed by atoms with Gasteiger partial charge in [0.15, 0.2) is 0 Å². The van der Waals surface area contributed by atoms with Crippen molar-refractivity contribution < 1.29 is 32.6 Å². The maximum atomic E-state index is 12.1. The monoisotopic (exact) mass is 281 g/mol. The SMILES string of the molecule is Cl.F[C](F)(F)[Ti][N]1CCNCCNCC1. The van der Waals surface area contributed by atoms with Gasteiger partial charge in [0.2, 0.25) is 0 Å². The zero-order valence-electron chi connectivity index (χ0n) is 8.23. The molecule has 0 aliphatic carbocycles. The molecule has 0 saturated carbocycles. The van der Waals surface area contributed by atoms with Crippen molar-refractivity contribution in [1.82, 2.24) is 14.0 Å². The molecule has 3 nitrogen and oxygen atoms in total. The number of hydrogen-bond donors (Lipinski definition) is 2. The van der Waals surface area contributed by atoms with Gasteiger partial charge in [0, 0.05) is 0 Å². The number of rotatable bonds is 1. The molecule has 0 atom stereocenters. The van der Waals surface area contributed by atoms with Crippen molar-refractivity contribution in [3.8, 4) is 0 Å². The fraction of sp³-hybridized carbons (Fsp3) is 1.00. The molecule has 0 amide bonds. The molecule has 0 spiro atoms. The normalized spacial score (nSPS) is 20.7. The molecule has 1 aliphatic heterocycles. The molecule has 1 rings (SSSR count). The van der Waals surface area contributed by atoms with Crippen LogP contribution in [0.3, 0.4) is 0 Å². The van der Waals surface area contributed by atoms with E-state index in [1.165, 1.54) is 0 Å². The van der Waals surface area contributed by atoms with Crippen molar-refractivity contribution in [1.29, 1.82) is 0 Å². The molecule has 0 aromatic heterocycles. The Morgan fingerprint density at radius 1 is 0.933 bits per heavy atom. The van der Waals surface area contributed by atoms with Gasteiger partial charge in [-0.3, -0.25) is 0 Å². The first kappa shape index (κ1) is 15.7. The van der Waals surface area contributed by atoms with Crippen molar-refractivity contribution in [2.75, 3.05) is 39.3 Å². The summed E-state index contributed by atoms with van der Waals surface area (Å²) in [6.45, 7) is 4.00. The van der Waals surface area contributed by atoms with E-state index in [1.54, 1.807) is 3.38 Å². The number of hydrogen-bond acceptors (Lipinski definition) is 3. The Morgan fingerprint density at radius 2 is 1.40 bits per heavy atom. The van der Waals surface area contributed by atoms with Crippen LogP contribution in [0.15, 0.2) is 0 Å². The summed E-state index contributed by atoms with van der Waals surface area (Å²) in [7, 11) is 0. The van der Waals surface area contributed by atoms with E-state index in [4.69, 9.17) is 0 Å². The average molecular weight is 282 g/mol. The van der Waals surface area contributed by atoms with Crippen LogP contribution in [0, 0.1) is 0 Å². The second kappa shape index (κ2) is 7.87. The molecule has 0 aromatic carbocycles. The predicted octanol–water partition coefficient (Wildman–Crippen LogP) is 0.420.